The molecule has 3 aromatic carbocycles. The molecule has 0 heterocycles. The summed E-state index contributed by atoms with van der Waals surface area (Å²) >= 11 is 0. The average molecular weight is 627 g/mol. The molecule has 0 aliphatic rings. The Morgan fingerprint density at radius 3 is 1.93 bits per heavy atom. The lowest BCUT2D eigenvalue weighted by molar-refractivity contribution is -0.137. The molecule has 3 N–H and O–H groups in total. The first-order chi connectivity index (χ1) is 21.7. The van der Waals surface area contributed by atoms with Crippen molar-refractivity contribution in [2.75, 3.05) is 6.61 Å². The molecule has 3 rings (SSSR count). The fraction of sp³-hybridized carbons (Fsp3) is 0.297. The number of rotatable bonds is 12. The van der Waals surface area contributed by atoms with E-state index in [2.05, 4.69) is 10.6 Å². The van der Waals surface area contributed by atoms with Crippen LogP contribution in [0.5, 0.6) is 0 Å². The van der Waals surface area contributed by atoms with Gasteiger partial charge < -0.3 is 25.2 Å². The Kier molecular flexibility index (Phi) is 12.4. The standard InChI is InChI=1S/C37H42N2O7/c1-7-45-33(40)19-14-25-10-8-12-29(21-25)27-15-17-28(18-16-27)30-13-9-11-26(22-30)23-32(35(42)43)38-34(41)31(20-24(2)3)39-36(44)46-37(4,5)6/h8-19,21-24,31H,7,20H2,1-6H3,(H,38,41)(H,39,44)(H,42,43)/b19-14+,32-23-/t31-/m0/s1. The molecule has 0 aliphatic carbocycles. The number of carbonyl (C=O) groups is 4. The molecule has 0 radical (unpaired) electrons. The van der Waals surface area contributed by atoms with Gasteiger partial charge >= 0.3 is 18.0 Å². The maximum Gasteiger partial charge on any atom is 0.408 e. The van der Waals surface area contributed by atoms with Crippen LogP contribution in [0, 0.1) is 5.92 Å². The second-order valence-electron chi connectivity index (χ2n) is 12.1. The lowest BCUT2D eigenvalue weighted by atomic mass is 9.98. The van der Waals surface area contributed by atoms with E-state index in [0.29, 0.717) is 12.2 Å². The molecule has 0 aromatic heterocycles. The number of aliphatic carboxylic acids is 1. The normalized spacial score (nSPS) is 12.5. The van der Waals surface area contributed by atoms with E-state index >= 15 is 0 Å². The summed E-state index contributed by atoms with van der Waals surface area (Å²) in [5.41, 5.74) is 4.09. The molecular formula is C37H42N2O7. The Balaban J connectivity index is 1.79. The second-order valence-corrected chi connectivity index (χ2v) is 12.1. The first-order valence-electron chi connectivity index (χ1n) is 15.1. The molecule has 46 heavy (non-hydrogen) atoms. The molecule has 0 spiro atoms. The van der Waals surface area contributed by atoms with Gasteiger partial charge in [-0.1, -0.05) is 74.5 Å². The molecule has 3 aromatic rings. The van der Waals surface area contributed by atoms with E-state index < -0.39 is 35.6 Å². The summed E-state index contributed by atoms with van der Waals surface area (Å²) in [5.74, 6) is -2.32. The fourth-order valence-electron chi connectivity index (χ4n) is 4.53. The Hall–Kier alpha value is -5.18. The van der Waals surface area contributed by atoms with Gasteiger partial charge in [0.05, 0.1) is 6.61 Å². The molecule has 9 heteroatoms. The van der Waals surface area contributed by atoms with Crippen molar-refractivity contribution in [3.05, 3.63) is 95.7 Å². The quantitative estimate of drug-likeness (QED) is 0.145. The summed E-state index contributed by atoms with van der Waals surface area (Å²) in [7, 11) is 0. The van der Waals surface area contributed by atoms with E-state index in [1.165, 1.54) is 12.2 Å². The monoisotopic (exact) mass is 626 g/mol. The van der Waals surface area contributed by atoms with Crippen LogP contribution >= 0.6 is 0 Å². The number of hydrogen-bond acceptors (Lipinski definition) is 6. The van der Waals surface area contributed by atoms with Crippen LogP contribution in [0.1, 0.15) is 59.1 Å². The summed E-state index contributed by atoms with van der Waals surface area (Å²) in [6, 6.07) is 22.0. The van der Waals surface area contributed by atoms with Crippen molar-refractivity contribution in [2.45, 2.75) is 59.6 Å². The molecule has 0 unspecified atom stereocenters. The van der Waals surface area contributed by atoms with Gasteiger partial charge in [-0.15, -0.1) is 0 Å². The zero-order chi connectivity index (χ0) is 33.9. The van der Waals surface area contributed by atoms with Gasteiger partial charge in [-0.3, -0.25) is 4.79 Å². The van der Waals surface area contributed by atoms with Crippen molar-refractivity contribution in [2.24, 2.45) is 5.92 Å². The molecule has 0 fully saturated rings. The Morgan fingerprint density at radius 1 is 0.848 bits per heavy atom. The van der Waals surface area contributed by atoms with Crippen LogP contribution < -0.4 is 10.6 Å². The van der Waals surface area contributed by atoms with E-state index in [1.54, 1.807) is 45.9 Å². The zero-order valence-electron chi connectivity index (χ0n) is 27.1. The molecule has 0 bridgehead atoms. The Morgan fingerprint density at radius 2 is 1.41 bits per heavy atom. The topological polar surface area (TPSA) is 131 Å². The van der Waals surface area contributed by atoms with Gasteiger partial charge in [0, 0.05) is 6.08 Å². The van der Waals surface area contributed by atoms with Gasteiger partial charge in [0.1, 0.15) is 17.3 Å². The highest BCUT2D eigenvalue weighted by Gasteiger charge is 2.26. The molecule has 9 nitrogen and oxygen atoms in total. The highest BCUT2D eigenvalue weighted by Crippen LogP contribution is 2.27. The van der Waals surface area contributed by atoms with Crippen LogP contribution in [0.15, 0.2) is 84.6 Å². The van der Waals surface area contributed by atoms with Crippen LogP contribution in [0.25, 0.3) is 34.4 Å². The van der Waals surface area contributed by atoms with E-state index in [1.807, 2.05) is 74.5 Å². The van der Waals surface area contributed by atoms with Gasteiger partial charge in [0.15, 0.2) is 0 Å². The number of hydrogen-bond donors (Lipinski definition) is 3. The van der Waals surface area contributed by atoms with Crippen LogP contribution in [0.2, 0.25) is 0 Å². The lowest BCUT2D eigenvalue weighted by Gasteiger charge is -2.24. The molecule has 0 saturated heterocycles. The first-order valence-corrected chi connectivity index (χ1v) is 15.1. The first kappa shape index (κ1) is 35.3. The van der Waals surface area contributed by atoms with Crippen molar-refractivity contribution >= 4 is 36.1 Å². The maximum absolute atomic E-state index is 13.1. The van der Waals surface area contributed by atoms with Crippen LogP contribution in [-0.2, 0) is 23.9 Å². The van der Waals surface area contributed by atoms with Gasteiger partial charge in [-0.25, -0.2) is 14.4 Å². The van der Waals surface area contributed by atoms with E-state index in [4.69, 9.17) is 9.47 Å². The minimum absolute atomic E-state index is 0.0446. The Bertz CT molecular complexity index is 1600. The molecule has 1 atom stereocenters. The third-order valence-corrected chi connectivity index (χ3v) is 6.54. The molecule has 0 aliphatic heterocycles. The van der Waals surface area contributed by atoms with Crippen LogP contribution in [0.4, 0.5) is 4.79 Å². The van der Waals surface area contributed by atoms with E-state index in [-0.39, 0.29) is 18.0 Å². The number of carbonyl (C=O) groups excluding carboxylic acids is 3. The smallest absolute Gasteiger partial charge is 0.408 e. The number of amides is 2. The third-order valence-electron chi connectivity index (χ3n) is 6.54. The van der Waals surface area contributed by atoms with Crippen molar-refractivity contribution in [1.82, 2.24) is 10.6 Å². The van der Waals surface area contributed by atoms with Crippen LogP contribution in [-0.4, -0.2) is 47.3 Å². The zero-order valence-corrected chi connectivity index (χ0v) is 27.1. The number of ether oxygens (including phenoxy) is 2. The van der Waals surface area contributed by atoms with Gasteiger partial charge in [0.25, 0.3) is 0 Å². The summed E-state index contributed by atoms with van der Waals surface area (Å²) in [6.45, 7) is 11.0. The number of carboxylic acids is 1. The molecule has 0 saturated carbocycles. The van der Waals surface area contributed by atoms with Crippen LogP contribution in [0.3, 0.4) is 0 Å². The fourth-order valence-corrected chi connectivity index (χ4v) is 4.53. The van der Waals surface area contributed by atoms with Gasteiger partial charge in [-0.05, 0) is 97.7 Å². The molecule has 242 valence electrons. The Labute approximate surface area is 270 Å². The number of esters is 1. The summed E-state index contributed by atoms with van der Waals surface area (Å²) in [6.07, 6.45) is 4.03. The predicted octanol–water partition coefficient (Wildman–Crippen LogP) is 7.08. The molecule has 2 amide bonds. The maximum atomic E-state index is 13.1. The second kappa shape index (κ2) is 16.2. The largest absolute Gasteiger partial charge is 0.477 e. The minimum Gasteiger partial charge on any atom is -0.477 e. The summed E-state index contributed by atoms with van der Waals surface area (Å²) < 4.78 is 10.2. The van der Waals surface area contributed by atoms with E-state index in [0.717, 1.165) is 27.8 Å². The minimum atomic E-state index is -1.32. The number of alkyl carbamates (subject to hydrolysis) is 1. The lowest BCUT2D eigenvalue weighted by Crippen LogP contribution is -2.49. The highest BCUT2D eigenvalue weighted by molar-refractivity contribution is 5.99. The van der Waals surface area contributed by atoms with Crippen molar-refractivity contribution in [3.8, 4) is 22.3 Å². The highest BCUT2D eigenvalue weighted by atomic mass is 16.6. The number of benzene rings is 3. The number of carboxylic acid groups (broad SMARTS) is 1. The van der Waals surface area contributed by atoms with E-state index in [9.17, 15) is 24.3 Å². The summed E-state index contributed by atoms with van der Waals surface area (Å²) in [5, 5.41) is 14.9. The molecular weight excluding hydrogens is 584 g/mol. The van der Waals surface area contributed by atoms with Gasteiger partial charge in [-0.2, -0.15) is 0 Å². The SMILES string of the molecule is CCOC(=O)/C=C/c1cccc(-c2ccc(-c3cccc(/C=C(\NC(=O)[C@H](CC(C)C)NC(=O)OC(C)(C)C)C(=O)O)c3)cc2)c1. The average Bonchev–Trinajstić information content (AvgIpc) is 2.98. The van der Waals surface area contributed by atoms with Crippen molar-refractivity contribution in [3.63, 3.8) is 0 Å². The third kappa shape index (κ3) is 11.4. The van der Waals surface area contributed by atoms with Crippen molar-refractivity contribution in [1.29, 1.82) is 0 Å². The van der Waals surface area contributed by atoms with Crippen molar-refractivity contribution < 1.29 is 33.8 Å². The predicted molar refractivity (Wildman–Crippen MR) is 179 cm³/mol. The summed E-state index contributed by atoms with van der Waals surface area (Å²) in [4.78, 5) is 49.3. The number of nitrogens with one attached hydrogen (secondary N) is 2. The van der Waals surface area contributed by atoms with Gasteiger partial charge in [0.2, 0.25) is 5.91 Å².